The lowest BCUT2D eigenvalue weighted by Gasteiger charge is -2.31. The summed E-state index contributed by atoms with van der Waals surface area (Å²) in [5.74, 6) is 0.525. The average Bonchev–Trinajstić information content (AvgIpc) is 2.83. The summed E-state index contributed by atoms with van der Waals surface area (Å²) in [5.41, 5.74) is 5.66. The lowest BCUT2D eigenvalue weighted by Crippen LogP contribution is -2.47. The van der Waals surface area contributed by atoms with E-state index in [1.165, 1.54) is 0 Å². The molecule has 0 radical (unpaired) electrons. The molecule has 1 saturated carbocycles. The van der Waals surface area contributed by atoms with Crippen molar-refractivity contribution in [1.29, 1.82) is 0 Å². The van der Waals surface area contributed by atoms with Gasteiger partial charge in [-0.1, -0.05) is 33.6 Å². The van der Waals surface area contributed by atoms with Gasteiger partial charge >= 0.3 is 0 Å². The molecular formula is C14H30N2O2S. The molecule has 0 spiro atoms. The molecule has 1 aliphatic carbocycles. The van der Waals surface area contributed by atoms with Crippen LogP contribution in [0.2, 0.25) is 0 Å². The van der Waals surface area contributed by atoms with Gasteiger partial charge in [0.25, 0.3) is 0 Å². The van der Waals surface area contributed by atoms with E-state index in [0.29, 0.717) is 18.9 Å². The van der Waals surface area contributed by atoms with Crippen molar-refractivity contribution in [2.75, 3.05) is 13.1 Å². The molecule has 1 aliphatic rings. The Labute approximate surface area is 118 Å². The second-order valence-electron chi connectivity index (χ2n) is 6.04. The van der Waals surface area contributed by atoms with Gasteiger partial charge in [-0.25, -0.2) is 8.42 Å². The van der Waals surface area contributed by atoms with Gasteiger partial charge in [0.2, 0.25) is 10.0 Å². The van der Waals surface area contributed by atoms with Gasteiger partial charge in [0.05, 0.1) is 5.25 Å². The first kappa shape index (κ1) is 16.9. The first-order valence-corrected chi connectivity index (χ1v) is 9.14. The molecule has 0 aromatic heterocycles. The number of rotatable bonds is 8. The lowest BCUT2D eigenvalue weighted by atomic mass is 10.1. The molecule has 0 aromatic rings. The zero-order valence-corrected chi connectivity index (χ0v) is 13.5. The largest absolute Gasteiger partial charge is 0.329 e. The van der Waals surface area contributed by atoms with Crippen molar-refractivity contribution >= 4 is 10.0 Å². The average molecular weight is 290 g/mol. The van der Waals surface area contributed by atoms with Crippen molar-refractivity contribution in [3.05, 3.63) is 0 Å². The normalized spacial score (nSPS) is 19.5. The fourth-order valence-corrected chi connectivity index (χ4v) is 4.82. The second-order valence-corrected chi connectivity index (χ2v) is 8.21. The Bertz CT molecular complexity index is 344. The predicted molar refractivity (Wildman–Crippen MR) is 80.5 cm³/mol. The van der Waals surface area contributed by atoms with E-state index < -0.39 is 15.3 Å². The minimum Gasteiger partial charge on any atom is -0.329 e. The van der Waals surface area contributed by atoms with Crippen molar-refractivity contribution in [2.45, 2.75) is 70.6 Å². The third-order valence-corrected chi connectivity index (χ3v) is 6.63. The second kappa shape index (κ2) is 7.60. The highest BCUT2D eigenvalue weighted by atomic mass is 32.2. The number of hydrogen-bond donors (Lipinski definition) is 1. The lowest BCUT2D eigenvalue weighted by molar-refractivity contribution is 0.300. The standard InChI is InChI=1S/C14H30N2O2S/c1-4-14(11-15)19(17,18)16(10-9-12(2)3)13-7-5-6-8-13/h12-14H,4-11,15H2,1-3H3. The van der Waals surface area contributed by atoms with Crippen LogP contribution in [-0.4, -0.2) is 37.1 Å². The van der Waals surface area contributed by atoms with Gasteiger partial charge in [0, 0.05) is 19.1 Å². The minimum absolute atomic E-state index is 0.212. The molecule has 0 saturated heterocycles. The molecule has 1 atom stereocenters. The van der Waals surface area contributed by atoms with Crippen LogP contribution in [0.4, 0.5) is 0 Å². The van der Waals surface area contributed by atoms with Crippen LogP contribution in [0.15, 0.2) is 0 Å². The summed E-state index contributed by atoms with van der Waals surface area (Å²) in [6.45, 7) is 7.06. The van der Waals surface area contributed by atoms with Crippen LogP contribution in [0.1, 0.15) is 59.3 Å². The maximum atomic E-state index is 12.7. The first-order valence-electron chi connectivity index (χ1n) is 7.64. The fraction of sp³-hybridized carbons (Fsp3) is 1.00. The Hall–Kier alpha value is -0.130. The van der Waals surface area contributed by atoms with E-state index >= 15 is 0 Å². The highest BCUT2D eigenvalue weighted by Gasteiger charge is 2.35. The highest BCUT2D eigenvalue weighted by Crippen LogP contribution is 2.28. The van der Waals surface area contributed by atoms with Gasteiger partial charge in [0.1, 0.15) is 0 Å². The van der Waals surface area contributed by atoms with Crippen molar-refractivity contribution in [3.8, 4) is 0 Å². The molecule has 114 valence electrons. The van der Waals surface area contributed by atoms with E-state index in [4.69, 9.17) is 5.73 Å². The van der Waals surface area contributed by atoms with Crippen molar-refractivity contribution in [3.63, 3.8) is 0 Å². The van der Waals surface area contributed by atoms with Crippen LogP contribution in [0.3, 0.4) is 0 Å². The minimum atomic E-state index is -3.23. The number of nitrogens with two attached hydrogens (primary N) is 1. The van der Waals surface area contributed by atoms with Gasteiger partial charge in [0.15, 0.2) is 0 Å². The number of nitrogens with zero attached hydrogens (tertiary/aromatic N) is 1. The zero-order valence-electron chi connectivity index (χ0n) is 12.6. The molecule has 0 bridgehead atoms. The molecule has 1 fully saturated rings. The summed E-state index contributed by atoms with van der Waals surface area (Å²) in [7, 11) is -3.23. The van der Waals surface area contributed by atoms with Gasteiger partial charge in [-0.3, -0.25) is 0 Å². The van der Waals surface area contributed by atoms with Crippen LogP contribution in [0.25, 0.3) is 0 Å². The van der Waals surface area contributed by atoms with Gasteiger partial charge < -0.3 is 5.73 Å². The van der Waals surface area contributed by atoms with E-state index in [9.17, 15) is 8.42 Å². The number of sulfonamides is 1. The molecular weight excluding hydrogens is 260 g/mol. The fourth-order valence-electron chi connectivity index (χ4n) is 2.79. The van der Waals surface area contributed by atoms with Crippen molar-refractivity contribution in [1.82, 2.24) is 4.31 Å². The summed E-state index contributed by atoms with van der Waals surface area (Å²) < 4.78 is 27.3. The van der Waals surface area contributed by atoms with E-state index in [0.717, 1.165) is 32.1 Å². The molecule has 19 heavy (non-hydrogen) atoms. The Balaban J connectivity index is 2.87. The molecule has 0 heterocycles. The van der Waals surface area contributed by atoms with Gasteiger partial charge in [-0.05, 0) is 31.6 Å². The Morgan fingerprint density at radius 2 is 1.84 bits per heavy atom. The Morgan fingerprint density at radius 1 is 1.26 bits per heavy atom. The maximum Gasteiger partial charge on any atom is 0.218 e. The van der Waals surface area contributed by atoms with Crippen molar-refractivity contribution in [2.24, 2.45) is 11.7 Å². The number of hydrogen-bond acceptors (Lipinski definition) is 3. The Morgan fingerprint density at radius 3 is 2.26 bits per heavy atom. The molecule has 5 heteroatoms. The third kappa shape index (κ3) is 4.43. The molecule has 4 nitrogen and oxygen atoms in total. The highest BCUT2D eigenvalue weighted by molar-refractivity contribution is 7.89. The first-order chi connectivity index (χ1) is 8.93. The van der Waals surface area contributed by atoms with E-state index in [2.05, 4.69) is 13.8 Å². The van der Waals surface area contributed by atoms with E-state index in [1.807, 2.05) is 6.92 Å². The monoisotopic (exact) mass is 290 g/mol. The summed E-state index contributed by atoms with van der Waals surface area (Å²) in [4.78, 5) is 0. The summed E-state index contributed by atoms with van der Waals surface area (Å²) in [6.07, 6.45) is 5.85. The van der Waals surface area contributed by atoms with Gasteiger partial charge in [-0.15, -0.1) is 0 Å². The molecule has 1 rings (SSSR count). The topological polar surface area (TPSA) is 63.4 Å². The van der Waals surface area contributed by atoms with E-state index in [1.54, 1.807) is 4.31 Å². The molecule has 0 aliphatic heterocycles. The van der Waals surface area contributed by atoms with E-state index in [-0.39, 0.29) is 12.6 Å². The van der Waals surface area contributed by atoms with Crippen LogP contribution < -0.4 is 5.73 Å². The van der Waals surface area contributed by atoms with Crippen LogP contribution >= 0.6 is 0 Å². The van der Waals surface area contributed by atoms with Crippen molar-refractivity contribution < 1.29 is 8.42 Å². The molecule has 0 aromatic carbocycles. The summed E-state index contributed by atoms with van der Waals surface area (Å²) in [6, 6.07) is 0.212. The SMILES string of the molecule is CCC(CN)S(=O)(=O)N(CCC(C)C)C1CCCC1. The molecule has 2 N–H and O–H groups in total. The molecule has 0 amide bonds. The smallest absolute Gasteiger partial charge is 0.218 e. The van der Waals surface area contributed by atoms with Crippen LogP contribution in [0.5, 0.6) is 0 Å². The maximum absolute atomic E-state index is 12.7. The predicted octanol–water partition coefficient (Wildman–Crippen LogP) is 2.34. The third-order valence-electron chi connectivity index (χ3n) is 4.13. The van der Waals surface area contributed by atoms with Crippen LogP contribution in [0, 0.1) is 5.92 Å². The quantitative estimate of drug-likeness (QED) is 0.746. The van der Waals surface area contributed by atoms with Crippen LogP contribution in [-0.2, 0) is 10.0 Å². The summed E-state index contributed by atoms with van der Waals surface area (Å²) >= 11 is 0. The Kier molecular flexibility index (Phi) is 6.77. The molecule has 1 unspecified atom stereocenters. The zero-order chi connectivity index (χ0) is 14.5. The summed E-state index contributed by atoms with van der Waals surface area (Å²) in [5, 5.41) is -0.416. The van der Waals surface area contributed by atoms with Gasteiger partial charge in [-0.2, -0.15) is 4.31 Å².